The average molecular weight is 244 g/mol. The van der Waals surface area contributed by atoms with Crippen LogP contribution in [0.15, 0.2) is 48.5 Å². The Kier molecular flexibility index (Phi) is 3.57. The molecule has 0 bridgehead atoms. The molecule has 4 N–H and O–H groups in total. The molecular weight excluding hydrogens is 228 g/mol. The minimum absolute atomic E-state index is 0.407. The maximum atomic E-state index is 5.67. The summed E-state index contributed by atoms with van der Waals surface area (Å²) in [5.41, 5.74) is 12.6. The predicted octanol–water partition coefficient (Wildman–Crippen LogP) is 2.65. The summed E-state index contributed by atoms with van der Waals surface area (Å²) in [6.45, 7) is 1.82. The Morgan fingerprint density at radius 2 is 1.50 bits per heavy atom. The molecule has 18 heavy (non-hydrogen) atoms. The molecule has 1 unspecified atom stereocenters. The van der Waals surface area contributed by atoms with Gasteiger partial charge in [-0.1, -0.05) is 6.07 Å². The standard InChI is InChI=1S/C14H16N2O2/c1-10(17-13-7-5-11(15)6-8-13)18-14-4-2-3-12(16)9-14/h2-10H,15-16H2,1H3. The molecular formula is C14H16N2O2. The second-order valence-electron chi connectivity index (χ2n) is 3.94. The molecule has 1 atom stereocenters. The Balaban J connectivity index is 1.96. The molecule has 0 heterocycles. The van der Waals surface area contributed by atoms with E-state index in [2.05, 4.69) is 0 Å². The van der Waals surface area contributed by atoms with Crippen molar-refractivity contribution in [3.8, 4) is 11.5 Å². The lowest BCUT2D eigenvalue weighted by Gasteiger charge is -2.16. The van der Waals surface area contributed by atoms with E-state index in [1.807, 2.05) is 19.1 Å². The number of rotatable bonds is 4. The van der Waals surface area contributed by atoms with Gasteiger partial charge in [0.05, 0.1) is 0 Å². The fourth-order valence-corrected chi connectivity index (χ4v) is 1.54. The third-order valence-corrected chi connectivity index (χ3v) is 2.34. The van der Waals surface area contributed by atoms with E-state index >= 15 is 0 Å². The Hall–Kier alpha value is -2.36. The SMILES string of the molecule is CC(Oc1ccc(N)cc1)Oc1cccc(N)c1. The summed E-state index contributed by atoms with van der Waals surface area (Å²) >= 11 is 0. The van der Waals surface area contributed by atoms with E-state index in [-0.39, 0.29) is 0 Å². The van der Waals surface area contributed by atoms with Crippen LogP contribution in [-0.4, -0.2) is 6.29 Å². The number of hydrogen-bond acceptors (Lipinski definition) is 4. The smallest absolute Gasteiger partial charge is 0.238 e. The van der Waals surface area contributed by atoms with Crippen LogP contribution in [0.1, 0.15) is 6.92 Å². The van der Waals surface area contributed by atoms with E-state index in [4.69, 9.17) is 20.9 Å². The van der Waals surface area contributed by atoms with Crippen molar-refractivity contribution in [1.29, 1.82) is 0 Å². The number of anilines is 2. The van der Waals surface area contributed by atoms with Crippen LogP contribution in [0.5, 0.6) is 11.5 Å². The molecule has 0 spiro atoms. The van der Waals surface area contributed by atoms with Gasteiger partial charge in [-0.2, -0.15) is 0 Å². The number of nitrogen functional groups attached to an aromatic ring is 2. The zero-order valence-corrected chi connectivity index (χ0v) is 10.2. The highest BCUT2D eigenvalue weighted by atomic mass is 16.7. The van der Waals surface area contributed by atoms with Crippen LogP contribution in [0.2, 0.25) is 0 Å². The van der Waals surface area contributed by atoms with E-state index in [0.717, 1.165) is 0 Å². The van der Waals surface area contributed by atoms with Crippen molar-refractivity contribution in [3.63, 3.8) is 0 Å². The highest BCUT2D eigenvalue weighted by Gasteiger charge is 2.05. The maximum absolute atomic E-state index is 5.67. The minimum atomic E-state index is -0.407. The molecule has 0 fully saturated rings. The topological polar surface area (TPSA) is 70.5 Å². The third-order valence-electron chi connectivity index (χ3n) is 2.34. The van der Waals surface area contributed by atoms with Gasteiger partial charge in [-0.25, -0.2) is 0 Å². The maximum Gasteiger partial charge on any atom is 0.238 e. The van der Waals surface area contributed by atoms with Crippen molar-refractivity contribution in [2.24, 2.45) is 0 Å². The lowest BCUT2D eigenvalue weighted by Crippen LogP contribution is -2.19. The third kappa shape index (κ3) is 3.31. The molecule has 94 valence electrons. The second kappa shape index (κ2) is 5.31. The highest BCUT2D eigenvalue weighted by molar-refractivity contribution is 5.44. The van der Waals surface area contributed by atoms with E-state index in [1.54, 1.807) is 36.4 Å². The van der Waals surface area contributed by atoms with Gasteiger partial charge in [-0.3, -0.25) is 0 Å². The Morgan fingerprint density at radius 1 is 0.833 bits per heavy atom. The fourth-order valence-electron chi connectivity index (χ4n) is 1.54. The molecule has 0 saturated heterocycles. The van der Waals surface area contributed by atoms with Gasteiger partial charge in [0.15, 0.2) is 0 Å². The van der Waals surface area contributed by atoms with Crippen LogP contribution >= 0.6 is 0 Å². The number of hydrogen-bond donors (Lipinski definition) is 2. The van der Waals surface area contributed by atoms with Gasteiger partial charge in [0, 0.05) is 24.4 Å². The van der Waals surface area contributed by atoms with E-state index in [9.17, 15) is 0 Å². The summed E-state index contributed by atoms with van der Waals surface area (Å²) < 4.78 is 11.2. The molecule has 0 saturated carbocycles. The van der Waals surface area contributed by atoms with Gasteiger partial charge >= 0.3 is 0 Å². The molecule has 0 aliphatic rings. The molecule has 2 rings (SSSR count). The fraction of sp³-hybridized carbons (Fsp3) is 0.143. The molecule has 0 radical (unpaired) electrons. The average Bonchev–Trinajstić information content (AvgIpc) is 2.32. The molecule has 0 aromatic heterocycles. The highest BCUT2D eigenvalue weighted by Crippen LogP contribution is 2.19. The molecule has 4 nitrogen and oxygen atoms in total. The number of ether oxygens (including phenoxy) is 2. The van der Waals surface area contributed by atoms with Crippen molar-refractivity contribution < 1.29 is 9.47 Å². The first-order chi connectivity index (χ1) is 8.63. The van der Waals surface area contributed by atoms with Gasteiger partial charge in [-0.15, -0.1) is 0 Å². The van der Waals surface area contributed by atoms with Crippen LogP contribution in [0.25, 0.3) is 0 Å². The van der Waals surface area contributed by atoms with E-state index < -0.39 is 6.29 Å². The van der Waals surface area contributed by atoms with Crippen LogP contribution in [0.4, 0.5) is 11.4 Å². The minimum Gasteiger partial charge on any atom is -0.455 e. The molecule has 0 amide bonds. The van der Waals surface area contributed by atoms with Crippen molar-refractivity contribution in [2.75, 3.05) is 11.5 Å². The Bertz CT molecular complexity index is 511. The second-order valence-corrected chi connectivity index (χ2v) is 3.94. The normalized spacial score (nSPS) is 11.8. The van der Waals surface area contributed by atoms with Crippen LogP contribution < -0.4 is 20.9 Å². The van der Waals surface area contributed by atoms with Crippen molar-refractivity contribution in [3.05, 3.63) is 48.5 Å². The van der Waals surface area contributed by atoms with Gasteiger partial charge < -0.3 is 20.9 Å². The van der Waals surface area contributed by atoms with Crippen molar-refractivity contribution in [1.82, 2.24) is 0 Å². The van der Waals surface area contributed by atoms with Crippen LogP contribution in [0.3, 0.4) is 0 Å². The molecule has 0 aliphatic carbocycles. The summed E-state index contributed by atoms with van der Waals surface area (Å²) in [5.74, 6) is 1.39. The lowest BCUT2D eigenvalue weighted by molar-refractivity contribution is 0.0224. The summed E-state index contributed by atoms with van der Waals surface area (Å²) in [6.07, 6.45) is -0.407. The zero-order valence-electron chi connectivity index (χ0n) is 10.2. The van der Waals surface area contributed by atoms with Gasteiger partial charge in [-0.05, 0) is 36.4 Å². The molecule has 4 heteroatoms. The summed E-state index contributed by atoms with van der Waals surface area (Å²) in [5, 5.41) is 0. The van der Waals surface area contributed by atoms with E-state index in [0.29, 0.717) is 22.9 Å². The van der Waals surface area contributed by atoms with Gasteiger partial charge in [0.2, 0.25) is 6.29 Å². The number of nitrogens with two attached hydrogens (primary N) is 2. The molecule has 0 aliphatic heterocycles. The summed E-state index contributed by atoms with van der Waals surface area (Å²) in [6, 6.07) is 14.4. The first-order valence-electron chi connectivity index (χ1n) is 5.68. The van der Waals surface area contributed by atoms with Crippen LogP contribution in [0, 0.1) is 0 Å². The number of benzene rings is 2. The van der Waals surface area contributed by atoms with Crippen LogP contribution in [-0.2, 0) is 0 Å². The van der Waals surface area contributed by atoms with E-state index in [1.165, 1.54) is 0 Å². The largest absolute Gasteiger partial charge is 0.455 e. The Morgan fingerprint density at radius 3 is 2.17 bits per heavy atom. The first-order valence-corrected chi connectivity index (χ1v) is 5.68. The summed E-state index contributed by atoms with van der Waals surface area (Å²) in [4.78, 5) is 0. The predicted molar refractivity (Wildman–Crippen MR) is 72.4 cm³/mol. The molecule has 2 aromatic carbocycles. The van der Waals surface area contributed by atoms with Gasteiger partial charge in [0.1, 0.15) is 11.5 Å². The Labute approximate surface area is 106 Å². The lowest BCUT2D eigenvalue weighted by atomic mass is 10.3. The quantitative estimate of drug-likeness (QED) is 0.640. The summed E-state index contributed by atoms with van der Waals surface area (Å²) in [7, 11) is 0. The first kappa shape index (κ1) is 12.1. The van der Waals surface area contributed by atoms with Crippen molar-refractivity contribution in [2.45, 2.75) is 13.2 Å². The molecule has 2 aromatic rings. The zero-order chi connectivity index (χ0) is 13.0. The monoisotopic (exact) mass is 244 g/mol. The van der Waals surface area contributed by atoms with Crippen molar-refractivity contribution >= 4 is 11.4 Å². The van der Waals surface area contributed by atoms with Gasteiger partial charge in [0.25, 0.3) is 0 Å².